The molecule has 1 aromatic carbocycles. The van der Waals surface area contributed by atoms with Crippen LogP contribution in [0.2, 0.25) is 0 Å². The maximum Gasteiger partial charge on any atom is 0.234 e. The lowest BCUT2D eigenvalue weighted by Crippen LogP contribution is -2.49. The van der Waals surface area contributed by atoms with Crippen LogP contribution in [-0.4, -0.2) is 55.5 Å². The number of nitrogens with one attached hydrogen (secondary N) is 1. The van der Waals surface area contributed by atoms with Gasteiger partial charge in [-0.1, -0.05) is 12.1 Å². The summed E-state index contributed by atoms with van der Waals surface area (Å²) in [6, 6.07) is 11.8. The molecule has 0 saturated carbocycles. The van der Waals surface area contributed by atoms with Crippen molar-refractivity contribution in [2.45, 2.75) is 19.5 Å². The van der Waals surface area contributed by atoms with E-state index in [-0.39, 0.29) is 11.9 Å². The highest BCUT2D eigenvalue weighted by Gasteiger charge is 2.20. The maximum atomic E-state index is 12.2. The van der Waals surface area contributed by atoms with E-state index < -0.39 is 0 Å². The number of rotatable bonds is 7. The molecule has 0 unspecified atom stereocenters. The van der Waals surface area contributed by atoms with Gasteiger partial charge in [0.2, 0.25) is 5.91 Å². The molecule has 0 spiro atoms. The van der Waals surface area contributed by atoms with Gasteiger partial charge < -0.3 is 14.5 Å². The number of hydrogen-bond acceptors (Lipinski definition) is 5. The zero-order valence-electron chi connectivity index (χ0n) is 15.5. The Balaban J connectivity index is 1.39. The lowest BCUT2D eigenvalue weighted by molar-refractivity contribution is -0.123. The minimum atomic E-state index is -0.103. The molecule has 0 radical (unpaired) electrons. The van der Waals surface area contributed by atoms with Crippen LogP contribution in [0.1, 0.15) is 24.3 Å². The predicted molar refractivity (Wildman–Crippen MR) is 100.0 cm³/mol. The van der Waals surface area contributed by atoms with Crippen LogP contribution in [0.4, 0.5) is 0 Å². The van der Waals surface area contributed by atoms with Crippen LogP contribution in [0.15, 0.2) is 47.1 Å². The number of piperazine rings is 1. The predicted octanol–water partition coefficient (Wildman–Crippen LogP) is 2.28. The van der Waals surface area contributed by atoms with E-state index >= 15 is 0 Å². The second-order valence-electron chi connectivity index (χ2n) is 6.70. The number of amides is 1. The lowest BCUT2D eigenvalue weighted by Gasteiger charge is -2.34. The van der Waals surface area contributed by atoms with E-state index in [0.717, 1.165) is 44.2 Å². The summed E-state index contributed by atoms with van der Waals surface area (Å²) in [4.78, 5) is 16.9. The van der Waals surface area contributed by atoms with Crippen molar-refractivity contribution >= 4 is 5.91 Å². The van der Waals surface area contributed by atoms with Crippen LogP contribution in [0.25, 0.3) is 0 Å². The molecule has 1 saturated heterocycles. The average molecular weight is 357 g/mol. The van der Waals surface area contributed by atoms with Crippen LogP contribution in [0.5, 0.6) is 5.75 Å². The number of furan rings is 1. The van der Waals surface area contributed by atoms with Gasteiger partial charge >= 0.3 is 0 Å². The van der Waals surface area contributed by atoms with Gasteiger partial charge in [0.05, 0.1) is 26.0 Å². The SMILES string of the molecule is COc1ccc(CN2CCN(CC(=O)N[C@H](C)c3ccco3)CC2)cc1. The van der Waals surface area contributed by atoms with Crippen molar-refractivity contribution in [3.63, 3.8) is 0 Å². The normalized spacial score (nSPS) is 17.0. The number of benzene rings is 1. The minimum Gasteiger partial charge on any atom is -0.497 e. The van der Waals surface area contributed by atoms with E-state index in [9.17, 15) is 4.79 Å². The van der Waals surface area contributed by atoms with Crippen LogP contribution >= 0.6 is 0 Å². The highest BCUT2D eigenvalue weighted by Crippen LogP contribution is 2.15. The number of nitrogens with zero attached hydrogens (tertiary/aromatic N) is 2. The Labute approximate surface area is 154 Å². The lowest BCUT2D eigenvalue weighted by atomic mass is 10.2. The molecule has 6 heteroatoms. The van der Waals surface area contributed by atoms with Gasteiger partial charge in [-0.15, -0.1) is 0 Å². The van der Waals surface area contributed by atoms with E-state index in [1.54, 1.807) is 13.4 Å². The Morgan fingerprint density at radius 2 is 1.85 bits per heavy atom. The van der Waals surface area contributed by atoms with Crippen molar-refractivity contribution in [3.8, 4) is 5.75 Å². The molecule has 26 heavy (non-hydrogen) atoms. The molecule has 0 aliphatic carbocycles. The molecule has 1 aliphatic heterocycles. The number of ether oxygens (including phenoxy) is 1. The summed E-state index contributed by atoms with van der Waals surface area (Å²) >= 11 is 0. The van der Waals surface area contributed by atoms with Crippen LogP contribution < -0.4 is 10.1 Å². The van der Waals surface area contributed by atoms with Gasteiger partial charge in [0.1, 0.15) is 11.5 Å². The summed E-state index contributed by atoms with van der Waals surface area (Å²) in [5.41, 5.74) is 1.28. The maximum absolute atomic E-state index is 12.2. The van der Waals surface area contributed by atoms with E-state index in [1.165, 1.54) is 5.56 Å². The third-order valence-corrected chi connectivity index (χ3v) is 4.74. The number of hydrogen-bond donors (Lipinski definition) is 1. The molecule has 0 bridgehead atoms. The average Bonchev–Trinajstić information content (AvgIpc) is 3.19. The summed E-state index contributed by atoms with van der Waals surface area (Å²) in [7, 11) is 1.68. The first-order valence-electron chi connectivity index (χ1n) is 9.04. The zero-order valence-corrected chi connectivity index (χ0v) is 15.5. The van der Waals surface area contributed by atoms with Crippen molar-refractivity contribution in [1.82, 2.24) is 15.1 Å². The molecular formula is C20H27N3O3. The molecule has 140 valence electrons. The molecule has 1 amide bonds. The molecule has 1 aromatic heterocycles. The largest absolute Gasteiger partial charge is 0.497 e. The van der Waals surface area contributed by atoms with E-state index in [2.05, 4.69) is 27.2 Å². The van der Waals surface area contributed by atoms with Gasteiger partial charge in [0.15, 0.2) is 0 Å². The number of carbonyl (C=O) groups is 1. The molecule has 1 fully saturated rings. The molecule has 2 aromatic rings. The first kappa shape index (κ1) is 18.5. The third-order valence-electron chi connectivity index (χ3n) is 4.74. The Morgan fingerprint density at radius 3 is 2.46 bits per heavy atom. The summed E-state index contributed by atoms with van der Waals surface area (Å²) in [6.45, 7) is 7.03. The van der Waals surface area contributed by atoms with Gasteiger partial charge in [-0.05, 0) is 36.8 Å². The van der Waals surface area contributed by atoms with Crippen LogP contribution in [0.3, 0.4) is 0 Å². The number of methoxy groups -OCH3 is 1. The first-order valence-corrected chi connectivity index (χ1v) is 9.04. The second kappa shape index (κ2) is 8.87. The monoisotopic (exact) mass is 357 g/mol. The van der Waals surface area contributed by atoms with Gasteiger partial charge in [0.25, 0.3) is 0 Å². The minimum absolute atomic E-state index is 0.0394. The fraction of sp³-hybridized carbons (Fsp3) is 0.450. The van der Waals surface area contributed by atoms with Crippen LogP contribution in [-0.2, 0) is 11.3 Å². The highest BCUT2D eigenvalue weighted by molar-refractivity contribution is 5.78. The van der Waals surface area contributed by atoms with Crippen molar-refractivity contribution < 1.29 is 13.9 Å². The third kappa shape index (κ3) is 5.09. The Morgan fingerprint density at radius 1 is 1.15 bits per heavy atom. The van der Waals surface area contributed by atoms with Crippen molar-refractivity contribution in [1.29, 1.82) is 0 Å². The van der Waals surface area contributed by atoms with E-state index in [1.807, 2.05) is 31.2 Å². The van der Waals surface area contributed by atoms with Crippen LogP contribution in [0, 0.1) is 0 Å². The Hall–Kier alpha value is -2.31. The first-order chi connectivity index (χ1) is 12.6. The Bertz CT molecular complexity index is 677. The molecule has 3 rings (SSSR count). The molecule has 1 atom stereocenters. The quantitative estimate of drug-likeness (QED) is 0.824. The fourth-order valence-electron chi connectivity index (χ4n) is 3.19. The fourth-order valence-corrected chi connectivity index (χ4v) is 3.19. The second-order valence-corrected chi connectivity index (χ2v) is 6.70. The molecular weight excluding hydrogens is 330 g/mol. The standard InChI is InChI=1S/C20H27N3O3/c1-16(19-4-3-13-26-19)21-20(24)15-23-11-9-22(10-12-23)14-17-5-7-18(25-2)8-6-17/h3-8,13,16H,9-12,14-15H2,1-2H3,(H,21,24)/t16-/m1/s1. The zero-order chi connectivity index (χ0) is 18.4. The van der Waals surface area contributed by atoms with Crippen molar-refractivity contribution in [2.75, 3.05) is 39.8 Å². The Kier molecular flexibility index (Phi) is 6.30. The van der Waals surface area contributed by atoms with E-state index in [4.69, 9.17) is 9.15 Å². The van der Waals surface area contributed by atoms with Gasteiger partial charge in [-0.2, -0.15) is 0 Å². The topological polar surface area (TPSA) is 58.0 Å². The number of carbonyl (C=O) groups excluding carboxylic acids is 1. The van der Waals surface area contributed by atoms with Gasteiger partial charge in [-0.3, -0.25) is 14.6 Å². The smallest absolute Gasteiger partial charge is 0.234 e. The van der Waals surface area contributed by atoms with Gasteiger partial charge in [-0.25, -0.2) is 0 Å². The van der Waals surface area contributed by atoms with E-state index in [0.29, 0.717) is 6.54 Å². The van der Waals surface area contributed by atoms with Gasteiger partial charge in [0, 0.05) is 32.7 Å². The molecule has 6 nitrogen and oxygen atoms in total. The molecule has 1 aliphatic rings. The van der Waals surface area contributed by atoms with Crippen molar-refractivity contribution in [2.24, 2.45) is 0 Å². The molecule has 2 heterocycles. The summed E-state index contributed by atoms with van der Waals surface area (Å²) in [5.74, 6) is 1.70. The summed E-state index contributed by atoms with van der Waals surface area (Å²) in [5, 5.41) is 2.99. The summed E-state index contributed by atoms with van der Waals surface area (Å²) < 4.78 is 10.5. The summed E-state index contributed by atoms with van der Waals surface area (Å²) in [6.07, 6.45) is 1.63. The molecule has 1 N–H and O–H groups in total. The highest BCUT2D eigenvalue weighted by atomic mass is 16.5. The van der Waals surface area contributed by atoms with Crippen molar-refractivity contribution in [3.05, 3.63) is 54.0 Å².